The molecule has 2 aromatic heterocycles. The Morgan fingerprint density at radius 3 is 2.29 bits per heavy atom. The molecule has 0 fully saturated rings. The minimum absolute atomic E-state index is 0.0408. The van der Waals surface area contributed by atoms with Crippen LogP contribution in [-0.2, 0) is 0 Å². The second-order valence-corrected chi connectivity index (χ2v) is 4.19. The van der Waals surface area contributed by atoms with E-state index in [2.05, 4.69) is 15.1 Å². The van der Waals surface area contributed by atoms with Gasteiger partial charge in [-0.3, -0.25) is 14.7 Å². The van der Waals surface area contributed by atoms with E-state index in [9.17, 15) is 14.4 Å². The molecule has 3 rings (SSSR count). The van der Waals surface area contributed by atoms with E-state index in [0.29, 0.717) is 5.69 Å². The molecule has 21 heavy (non-hydrogen) atoms. The van der Waals surface area contributed by atoms with E-state index >= 15 is 0 Å². The number of carboxylic acids is 1. The standard InChI is InChI=1S/C13H8N4O4/c18-11-9-10(15-6-5-14-9)12(19)17(16-11)8-3-1-7(2-4-8)13(20)21/h1-6H,(H,16,18)(H,20,21). The van der Waals surface area contributed by atoms with Crippen LogP contribution < -0.4 is 11.1 Å². The fourth-order valence-corrected chi connectivity index (χ4v) is 1.91. The van der Waals surface area contributed by atoms with Crippen LogP contribution in [0.4, 0.5) is 0 Å². The Morgan fingerprint density at radius 1 is 1.05 bits per heavy atom. The number of aromatic amines is 1. The first kappa shape index (κ1) is 12.7. The minimum Gasteiger partial charge on any atom is -0.478 e. The van der Waals surface area contributed by atoms with Crippen LogP contribution in [0.5, 0.6) is 0 Å². The SMILES string of the molecule is O=C(O)c1ccc(-n2[nH]c(=O)c3nccnc3c2=O)cc1. The van der Waals surface area contributed by atoms with Gasteiger partial charge in [-0.1, -0.05) is 0 Å². The van der Waals surface area contributed by atoms with Crippen LogP contribution in [0.3, 0.4) is 0 Å². The van der Waals surface area contributed by atoms with E-state index in [0.717, 1.165) is 4.68 Å². The lowest BCUT2D eigenvalue weighted by molar-refractivity contribution is 0.0697. The van der Waals surface area contributed by atoms with E-state index in [4.69, 9.17) is 5.11 Å². The van der Waals surface area contributed by atoms with Gasteiger partial charge in [-0.05, 0) is 24.3 Å². The Labute approximate surface area is 116 Å². The number of fused-ring (bicyclic) bond motifs is 1. The van der Waals surface area contributed by atoms with Crippen molar-refractivity contribution < 1.29 is 9.90 Å². The summed E-state index contributed by atoms with van der Waals surface area (Å²) in [5.41, 5.74) is -0.783. The zero-order valence-corrected chi connectivity index (χ0v) is 10.5. The van der Waals surface area contributed by atoms with E-state index in [1.807, 2.05) is 0 Å². The van der Waals surface area contributed by atoms with Crippen LogP contribution in [0.15, 0.2) is 46.2 Å². The molecule has 0 amide bonds. The highest BCUT2D eigenvalue weighted by molar-refractivity contribution is 5.87. The van der Waals surface area contributed by atoms with Crippen molar-refractivity contribution in [3.8, 4) is 5.69 Å². The monoisotopic (exact) mass is 284 g/mol. The van der Waals surface area contributed by atoms with Gasteiger partial charge in [0.05, 0.1) is 11.3 Å². The summed E-state index contributed by atoms with van der Waals surface area (Å²) < 4.78 is 1.00. The Hall–Kier alpha value is -3.29. The van der Waals surface area contributed by atoms with Gasteiger partial charge < -0.3 is 5.11 Å². The van der Waals surface area contributed by atoms with Crippen molar-refractivity contribution in [2.24, 2.45) is 0 Å². The number of aromatic nitrogens is 4. The van der Waals surface area contributed by atoms with Gasteiger partial charge in [-0.25, -0.2) is 19.4 Å². The topological polar surface area (TPSA) is 118 Å². The van der Waals surface area contributed by atoms with Crippen molar-refractivity contribution >= 4 is 17.0 Å². The number of nitrogens with zero attached hydrogens (tertiary/aromatic N) is 3. The maximum atomic E-state index is 12.3. The number of aromatic carboxylic acids is 1. The number of carboxylic acid groups (broad SMARTS) is 1. The van der Waals surface area contributed by atoms with Crippen LogP contribution in [0.1, 0.15) is 10.4 Å². The number of nitrogens with one attached hydrogen (secondary N) is 1. The molecule has 0 radical (unpaired) electrons. The second kappa shape index (κ2) is 4.67. The van der Waals surface area contributed by atoms with Gasteiger partial charge in [-0.15, -0.1) is 0 Å². The maximum Gasteiger partial charge on any atom is 0.335 e. The predicted molar refractivity (Wildman–Crippen MR) is 72.7 cm³/mol. The van der Waals surface area contributed by atoms with Crippen molar-refractivity contribution in [2.75, 3.05) is 0 Å². The molecule has 0 spiro atoms. The summed E-state index contributed by atoms with van der Waals surface area (Å²) in [6.45, 7) is 0. The number of carbonyl (C=O) groups is 1. The quantitative estimate of drug-likeness (QED) is 0.692. The van der Waals surface area contributed by atoms with Crippen molar-refractivity contribution in [1.29, 1.82) is 0 Å². The summed E-state index contributed by atoms with van der Waals surface area (Å²) in [6.07, 6.45) is 2.64. The minimum atomic E-state index is -1.08. The molecule has 0 aliphatic heterocycles. The third kappa shape index (κ3) is 2.08. The summed E-state index contributed by atoms with van der Waals surface area (Å²) in [5.74, 6) is -1.08. The van der Waals surface area contributed by atoms with Crippen molar-refractivity contribution in [3.63, 3.8) is 0 Å². The van der Waals surface area contributed by atoms with Crippen LogP contribution in [-0.4, -0.2) is 30.8 Å². The molecule has 2 N–H and O–H groups in total. The number of hydrogen-bond donors (Lipinski definition) is 2. The van der Waals surface area contributed by atoms with Crippen LogP contribution >= 0.6 is 0 Å². The van der Waals surface area contributed by atoms with Gasteiger partial charge in [0, 0.05) is 12.4 Å². The van der Waals surface area contributed by atoms with Crippen molar-refractivity contribution in [2.45, 2.75) is 0 Å². The third-order valence-corrected chi connectivity index (χ3v) is 2.90. The maximum absolute atomic E-state index is 12.3. The second-order valence-electron chi connectivity index (χ2n) is 4.19. The molecule has 104 valence electrons. The molecule has 0 atom stereocenters. The van der Waals surface area contributed by atoms with E-state index in [-0.39, 0.29) is 16.6 Å². The largest absolute Gasteiger partial charge is 0.478 e. The molecule has 8 nitrogen and oxygen atoms in total. The molecule has 0 saturated heterocycles. The van der Waals surface area contributed by atoms with Gasteiger partial charge in [0.1, 0.15) is 0 Å². The Bertz CT molecular complexity index is 956. The van der Waals surface area contributed by atoms with Gasteiger partial charge in [0.2, 0.25) is 0 Å². The van der Waals surface area contributed by atoms with E-state index in [1.54, 1.807) is 0 Å². The highest BCUT2D eigenvalue weighted by Gasteiger charge is 2.11. The molecule has 3 aromatic rings. The summed E-state index contributed by atoms with van der Waals surface area (Å²) in [7, 11) is 0. The fourth-order valence-electron chi connectivity index (χ4n) is 1.91. The van der Waals surface area contributed by atoms with E-state index < -0.39 is 17.1 Å². The van der Waals surface area contributed by atoms with Gasteiger partial charge in [0.15, 0.2) is 11.0 Å². The predicted octanol–water partition coefficient (Wildman–Crippen LogP) is 0.167. The van der Waals surface area contributed by atoms with Gasteiger partial charge >= 0.3 is 5.97 Å². The zero-order valence-electron chi connectivity index (χ0n) is 10.5. The first-order chi connectivity index (χ1) is 10.1. The lowest BCUT2D eigenvalue weighted by atomic mass is 10.2. The molecule has 1 aromatic carbocycles. The summed E-state index contributed by atoms with van der Waals surface area (Å²) >= 11 is 0. The highest BCUT2D eigenvalue weighted by atomic mass is 16.4. The van der Waals surface area contributed by atoms with Crippen LogP contribution in [0.25, 0.3) is 16.7 Å². The van der Waals surface area contributed by atoms with Gasteiger partial charge in [0.25, 0.3) is 11.1 Å². The Morgan fingerprint density at radius 2 is 1.67 bits per heavy atom. The number of hydrogen-bond acceptors (Lipinski definition) is 5. The molecule has 0 aliphatic carbocycles. The average molecular weight is 284 g/mol. The van der Waals surface area contributed by atoms with Crippen molar-refractivity contribution in [1.82, 2.24) is 19.7 Å². The van der Waals surface area contributed by atoms with Gasteiger partial charge in [-0.2, -0.15) is 0 Å². The highest BCUT2D eigenvalue weighted by Crippen LogP contribution is 2.07. The van der Waals surface area contributed by atoms with Crippen LogP contribution in [0.2, 0.25) is 0 Å². The smallest absolute Gasteiger partial charge is 0.335 e. The summed E-state index contributed by atoms with van der Waals surface area (Å²) in [4.78, 5) is 42.6. The molecule has 2 heterocycles. The first-order valence-electron chi connectivity index (χ1n) is 5.88. The Kier molecular flexibility index (Phi) is 2.83. The Balaban J connectivity index is 2.26. The zero-order chi connectivity index (χ0) is 15.0. The number of rotatable bonds is 2. The lowest BCUT2D eigenvalue weighted by Gasteiger charge is -2.06. The molecule has 0 saturated carbocycles. The first-order valence-corrected chi connectivity index (χ1v) is 5.88. The molecular weight excluding hydrogens is 276 g/mol. The molecule has 0 bridgehead atoms. The van der Waals surface area contributed by atoms with Crippen LogP contribution in [0, 0.1) is 0 Å². The number of H-pyrrole nitrogens is 1. The molecular formula is C13H8N4O4. The fraction of sp³-hybridized carbons (Fsp3) is 0. The summed E-state index contributed by atoms with van der Waals surface area (Å²) in [5, 5.41) is 11.2. The molecule has 0 aliphatic rings. The molecule has 0 unspecified atom stereocenters. The van der Waals surface area contributed by atoms with Crippen molar-refractivity contribution in [3.05, 3.63) is 62.9 Å². The molecule has 8 heteroatoms. The van der Waals surface area contributed by atoms with E-state index in [1.165, 1.54) is 36.7 Å². The number of benzene rings is 1. The normalized spacial score (nSPS) is 10.7. The lowest BCUT2D eigenvalue weighted by Crippen LogP contribution is -2.29. The average Bonchev–Trinajstić information content (AvgIpc) is 2.51. The third-order valence-electron chi connectivity index (χ3n) is 2.90. The summed E-state index contributed by atoms with van der Waals surface area (Å²) in [6, 6.07) is 5.51.